The lowest BCUT2D eigenvalue weighted by molar-refractivity contribution is -0.137. The van der Waals surface area contributed by atoms with Crippen LogP contribution < -0.4 is 15.5 Å². The number of amides is 2. The molecule has 0 radical (unpaired) electrons. The zero-order chi connectivity index (χ0) is 22.2. The molecule has 0 bridgehead atoms. The van der Waals surface area contributed by atoms with Crippen molar-refractivity contribution in [2.24, 2.45) is 5.92 Å². The highest BCUT2D eigenvalue weighted by Gasteiger charge is 2.41. The van der Waals surface area contributed by atoms with Crippen LogP contribution in [0.5, 0.6) is 0 Å². The lowest BCUT2D eigenvalue weighted by atomic mass is 9.97. The van der Waals surface area contributed by atoms with E-state index < -0.39 is 22.8 Å². The average molecular weight is 435 g/mol. The van der Waals surface area contributed by atoms with Crippen molar-refractivity contribution in [1.29, 1.82) is 0 Å². The zero-order valence-electron chi connectivity index (χ0n) is 17.1. The molecule has 1 aliphatic heterocycles. The van der Waals surface area contributed by atoms with Crippen LogP contribution in [-0.4, -0.2) is 41.0 Å². The van der Waals surface area contributed by atoms with E-state index in [1.807, 2.05) is 6.92 Å². The summed E-state index contributed by atoms with van der Waals surface area (Å²) in [6.45, 7) is 9.34. The minimum Gasteiger partial charge on any atom is -0.353 e. The van der Waals surface area contributed by atoms with Crippen LogP contribution in [0.25, 0.3) is 0 Å². The first kappa shape index (κ1) is 23.3. The van der Waals surface area contributed by atoms with Crippen molar-refractivity contribution in [2.45, 2.75) is 58.3 Å². The Kier molecular flexibility index (Phi) is 6.42. The van der Waals surface area contributed by atoms with E-state index in [0.717, 1.165) is 12.3 Å². The normalized spacial score (nSPS) is 20.1. The molecule has 1 atom stereocenters. The summed E-state index contributed by atoms with van der Waals surface area (Å²) in [5, 5.41) is 5.57. The number of aromatic nitrogens is 1. The quantitative estimate of drug-likeness (QED) is 0.745. The first-order valence-corrected chi connectivity index (χ1v) is 9.65. The predicted molar refractivity (Wildman–Crippen MR) is 105 cm³/mol. The summed E-state index contributed by atoms with van der Waals surface area (Å²) < 4.78 is 38.4. The number of halogens is 4. The van der Waals surface area contributed by atoms with Crippen molar-refractivity contribution in [2.75, 3.05) is 18.0 Å². The Morgan fingerprint density at radius 1 is 1.31 bits per heavy atom. The second-order valence-corrected chi connectivity index (χ2v) is 8.89. The van der Waals surface area contributed by atoms with Crippen molar-refractivity contribution >= 4 is 29.2 Å². The fourth-order valence-corrected chi connectivity index (χ4v) is 3.29. The summed E-state index contributed by atoms with van der Waals surface area (Å²) in [5.74, 6) is -0.594. The Bertz CT molecular complexity index is 798. The van der Waals surface area contributed by atoms with Gasteiger partial charge >= 0.3 is 6.18 Å². The lowest BCUT2D eigenvalue weighted by Gasteiger charge is -2.33. The number of hydrogen-bond acceptors (Lipinski definition) is 4. The van der Waals surface area contributed by atoms with Gasteiger partial charge in [-0.1, -0.05) is 25.4 Å². The Labute approximate surface area is 173 Å². The van der Waals surface area contributed by atoms with E-state index in [2.05, 4.69) is 15.6 Å². The van der Waals surface area contributed by atoms with Crippen molar-refractivity contribution < 1.29 is 22.8 Å². The van der Waals surface area contributed by atoms with Gasteiger partial charge in [-0.05, 0) is 33.3 Å². The number of carbonyl (C=O) groups excluding carboxylic acids is 2. The van der Waals surface area contributed by atoms with Crippen LogP contribution in [0.1, 0.15) is 46.6 Å². The summed E-state index contributed by atoms with van der Waals surface area (Å²) in [6.07, 6.45) is -3.22. The number of carbonyl (C=O) groups is 2. The maximum atomic E-state index is 12.8. The van der Waals surface area contributed by atoms with E-state index in [-0.39, 0.29) is 28.6 Å². The van der Waals surface area contributed by atoms with Gasteiger partial charge in [0.1, 0.15) is 11.4 Å². The van der Waals surface area contributed by atoms with Crippen LogP contribution in [-0.2, 0) is 15.8 Å². The molecule has 0 spiro atoms. The Hall–Kier alpha value is -2.03. The second-order valence-electron chi connectivity index (χ2n) is 8.48. The Balaban J connectivity index is 2.09. The van der Waals surface area contributed by atoms with Crippen molar-refractivity contribution in [3.8, 4) is 0 Å². The molecule has 0 saturated carbocycles. The summed E-state index contributed by atoms with van der Waals surface area (Å²) in [7, 11) is 0. The molecule has 1 fully saturated rings. The number of nitrogens with zero attached hydrogens (tertiary/aromatic N) is 2. The van der Waals surface area contributed by atoms with E-state index >= 15 is 0 Å². The van der Waals surface area contributed by atoms with Crippen LogP contribution in [0.2, 0.25) is 5.02 Å². The Morgan fingerprint density at radius 2 is 1.93 bits per heavy atom. The highest BCUT2D eigenvalue weighted by atomic mass is 35.5. The van der Waals surface area contributed by atoms with E-state index in [1.54, 1.807) is 32.6 Å². The topological polar surface area (TPSA) is 74.3 Å². The summed E-state index contributed by atoms with van der Waals surface area (Å²) in [4.78, 5) is 30.3. The smallest absolute Gasteiger partial charge is 0.353 e. The van der Waals surface area contributed by atoms with Crippen LogP contribution >= 0.6 is 11.6 Å². The van der Waals surface area contributed by atoms with Crippen molar-refractivity contribution in [3.63, 3.8) is 0 Å². The van der Waals surface area contributed by atoms with Gasteiger partial charge in [-0.15, -0.1) is 0 Å². The van der Waals surface area contributed by atoms with Crippen LogP contribution in [0.3, 0.4) is 0 Å². The fraction of sp³-hybridized carbons (Fsp3) is 0.632. The number of hydrogen-bond donors (Lipinski definition) is 2. The van der Waals surface area contributed by atoms with Gasteiger partial charge in [-0.2, -0.15) is 13.2 Å². The third-order valence-corrected chi connectivity index (χ3v) is 5.14. The number of nitrogens with one attached hydrogen (secondary N) is 2. The van der Waals surface area contributed by atoms with Gasteiger partial charge < -0.3 is 15.5 Å². The van der Waals surface area contributed by atoms with Crippen molar-refractivity contribution in [3.05, 3.63) is 22.8 Å². The zero-order valence-corrected chi connectivity index (χ0v) is 17.8. The van der Waals surface area contributed by atoms with Gasteiger partial charge in [0.15, 0.2) is 0 Å². The average Bonchev–Trinajstić information content (AvgIpc) is 2.95. The van der Waals surface area contributed by atoms with Gasteiger partial charge in [-0.3, -0.25) is 9.59 Å². The van der Waals surface area contributed by atoms with Crippen LogP contribution in [0, 0.1) is 5.92 Å². The molecule has 1 unspecified atom stereocenters. The number of alkyl halides is 3. The van der Waals surface area contributed by atoms with Gasteiger partial charge in [0.25, 0.3) is 0 Å². The minimum absolute atomic E-state index is 0.0973. The largest absolute Gasteiger partial charge is 0.417 e. The summed E-state index contributed by atoms with van der Waals surface area (Å²) in [6, 6.07) is 0.850. The first-order chi connectivity index (χ1) is 13.1. The monoisotopic (exact) mass is 434 g/mol. The molecule has 2 N–H and O–H groups in total. The molecular weight excluding hydrogens is 409 g/mol. The molecule has 0 aliphatic carbocycles. The molecule has 10 heteroatoms. The lowest BCUT2D eigenvalue weighted by Crippen LogP contribution is -2.60. The molecule has 1 aliphatic rings. The SMILES string of the molecule is CC(C)C(=O)NC(C)(C)C(=O)NC1(C)CCN(c2ncc(C(F)(F)F)cc2Cl)C1. The maximum Gasteiger partial charge on any atom is 0.417 e. The fourth-order valence-electron chi connectivity index (χ4n) is 3.00. The third-order valence-electron chi connectivity index (χ3n) is 4.86. The van der Waals surface area contributed by atoms with Gasteiger partial charge in [0, 0.05) is 25.2 Å². The van der Waals surface area contributed by atoms with E-state index in [4.69, 9.17) is 11.6 Å². The maximum absolute atomic E-state index is 12.8. The molecule has 2 heterocycles. The standard InChI is InChI=1S/C19H26ClF3N4O2/c1-11(2)15(28)25-17(3,4)16(29)26-18(5)6-7-27(10-18)14-13(20)8-12(9-24-14)19(21,22)23/h8-9,11H,6-7,10H2,1-5H3,(H,25,28)(H,26,29). The van der Waals surface area contributed by atoms with Crippen LogP contribution in [0.15, 0.2) is 12.3 Å². The minimum atomic E-state index is -4.52. The highest BCUT2D eigenvalue weighted by Crippen LogP contribution is 2.35. The molecule has 6 nitrogen and oxygen atoms in total. The number of rotatable bonds is 5. The number of anilines is 1. The van der Waals surface area contributed by atoms with Gasteiger partial charge in [0.05, 0.1) is 16.1 Å². The molecule has 1 saturated heterocycles. The van der Waals surface area contributed by atoms with E-state index in [9.17, 15) is 22.8 Å². The molecule has 2 amide bonds. The van der Waals surface area contributed by atoms with Crippen molar-refractivity contribution in [1.82, 2.24) is 15.6 Å². The highest BCUT2D eigenvalue weighted by molar-refractivity contribution is 6.33. The molecule has 0 aromatic carbocycles. The second kappa shape index (κ2) is 8.01. The number of pyridine rings is 1. The predicted octanol–water partition coefficient (Wildman–Crippen LogP) is 3.39. The van der Waals surface area contributed by atoms with Gasteiger partial charge in [-0.25, -0.2) is 4.98 Å². The molecule has 29 heavy (non-hydrogen) atoms. The molecule has 1 aromatic heterocycles. The van der Waals surface area contributed by atoms with E-state index in [1.165, 1.54) is 0 Å². The third kappa shape index (κ3) is 5.52. The van der Waals surface area contributed by atoms with Gasteiger partial charge in [0.2, 0.25) is 11.8 Å². The molecule has 2 rings (SSSR count). The molecular formula is C19H26ClF3N4O2. The van der Waals surface area contributed by atoms with Crippen LogP contribution in [0.4, 0.5) is 19.0 Å². The molecule has 162 valence electrons. The van der Waals surface area contributed by atoms with E-state index in [0.29, 0.717) is 19.5 Å². The Morgan fingerprint density at radius 3 is 2.45 bits per heavy atom. The first-order valence-electron chi connectivity index (χ1n) is 9.27. The molecule has 1 aromatic rings. The summed E-state index contributed by atoms with van der Waals surface area (Å²) in [5.41, 5.74) is -2.67. The summed E-state index contributed by atoms with van der Waals surface area (Å²) >= 11 is 6.03.